The van der Waals surface area contributed by atoms with Crippen molar-refractivity contribution >= 4 is 28.5 Å². The number of benzene rings is 2. The van der Waals surface area contributed by atoms with Crippen molar-refractivity contribution in [1.82, 2.24) is 14.9 Å². The number of para-hydroxylation sites is 2. The second-order valence-corrected chi connectivity index (χ2v) is 8.37. The summed E-state index contributed by atoms with van der Waals surface area (Å²) in [4.78, 5) is 17.5. The van der Waals surface area contributed by atoms with Gasteiger partial charge in [0.1, 0.15) is 5.82 Å². The van der Waals surface area contributed by atoms with Crippen molar-refractivity contribution in [3.05, 3.63) is 64.9 Å². The molecule has 0 spiro atoms. The fourth-order valence-electron chi connectivity index (χ4n) is 3.86. The Labute approximate surface area is 184 Å². The van der Waals surface area contributed by atoms with E-state index in [1.165, 1.54) is 38.5 Å². The summed E-state index contributed by atoms with van der Waals surface area (Å²) in [5.74, 6) is 0.761. The van der Waals surface area contributed by atoms with Crippen LogP contribution in [0.1, 0.15) is 81.0 Å². The lowest BCUT2D eigenvalue weighted by Crippen LogP contribution is -2.28. The lowest BCUT2D eigenvalue weighted by atomic mass is 10.1. The number of amides is 1. The molecule has 0 aliphatic carbocycles. The molecule has 4 nitrogen and oxygen atoms in total. The molecule has 1 heterocycles. The minimum Gasteiger partial charge on any atom is -0.342 e. The summed E-state index contributed by atoms with van der Waals surface area (Å²) in [7, 11) is 0. The lowest BCUT2D eigenvalue weighted by Gasteiger charge is -2.16. The molecule has 0 aliphatic heterocycles. The number of imidazole rings is 1. The van der Waals surface area contributed by atoms with E-state index in [1.54, 1.807) is 24.3 Å². The van der Waals surface area contributed by atoms with Crippen LogP contribution in [0.25, 0.3) is 11.0 Å². The Kier molecular flexibility index (Phi) is 8.32. The third-order valence-corrected chi connectivity index (χ3v) is 5.73. The predicted molar refractivity (Wildman–Crippen MR) is 125 cm³/mol. The molecule has 3 aromatic rings. The maximum Gasteiger partial charge on any atom is 0.251 e. The van der Waals surface area contributed by atoms with Crippen LogP contribution < -0.4 is 5.32 Å². The van der Waals surface area contributed by atoms with Gasteiger partial charge in [0.25, 0.3) is 5.91 Å². The van der Waals surface area contributed by atoms with Gasteiger partial charge in [0, 0.05) is 17.1 Å². The zero-order valence-electron chi connectivity index (χ0n) is 18.0. The molecule has 2 aromatic carbocycles. The second kappa shape index (κ2) is 11.2. The Morgan fingerprint density at radius 1 is 1.03 bits per heavy atom. The van der Waals surface area contributed by atoms with E-state index < -0.39 is 0 Å². The molecule has 0 saturated carbocycles. The molecule has 1 unspecified atom stereocenters. The average molecular weight is 426 g/mol. The molecule has 1 amide bonds. The Morgan fingerprint density at radius 3 is 2.53 bits per heavy atom. The van der Waals surface area contributed by atoms with Gasteiger partial charge in [-0.2, -0.15) is 0 Å². The van der Waals surface area contributed by atoms with E-state index in [1.807, 2.05) is 25.1 Å². The molecule has 0 saturated heterocycles. The SMILES string of the molecule is CCCCCCCCCn1c(C(C)NC(=O)c2cccc(Cl)c2)nc2ccccc21. The molecular weight excluding hydrogens is 394 g/mol. The van der Waals surface area contributed by atoms with Crippen LogP contribution in [0.4, 0.5) is 0 Å². The first-order chi connectivity index (χ1) is 14.6. The standard InChI is InChI=1S/C25H32ClN3O/c1-3-4-5-6-7-8-11-17-29-23-16-10-9-15-22(23)28-24(29)19(2)27-25(30)20-13-12-14-21(26)18-20/h9-10,12-16,18-19H,3-8,11,17H2,1-2H3,(H,27,30). The number of aromatic nitrogens is 2. The number of aryl methyl sites for hydroxylation is 1. The second-order valence-electron chi connectivity index (χ2n) is 7.94. The monoisotopic (exact) mass is 425 g/mol. The van der Waals surface area contributed by atoms with Crippen LogP contribution in [-0.4, -0.2) is 15.5 Å². The molecule has 0 fully saturated rings. The van der Waals surface area contributed by atoms with Gasteiger partial charge < -0.3 is 9.88 Å². The van der Waals surface area contributed by atoms with Gasteiger partial charge in [-0.05, 0) is 43.7 Å². The third kappa shape index (κ3) is 5.85. The molecule has 0 aliphatic rings. The van der Waals surface area contributed by atoms with Crippen LogP contribution >= 0.6 is 11.6 Å². The van der Waals surface area contributed by atoms with Crippen molar-refractivity contribution in [3.8, 4) is 0 Å². The van der Waals surface area contributed by atoms with Crippen LogP contribution in [0, 0.1) is 0 Å². The molecule has 160 valence electrons. The van der Waals surface area contributed by atoms with Crippen molar-refractivity contribution in [2.45, 2.75) is 71.4 Å². The molecule has 30 heavy (non-hydrogen) atoms. The highest BCUT2D eigenvalue weighted by atomic mass is 35.5. The first kappa shape index (κ1) is 22.4. The normalized spacial score (nSPS) is 12.2. The maximum absolute atomic E-state index is 12.7. The minimum absolute atomic E-state index is 0.139. The van der Waals surface area contributed by atoms with E-state index in [4.69, 9.17) is 16.6 Å². The summed E-state index contributed by atoms with van der Waals surface area (Å²) in [6.45, 7) is 5.16. The lowest BCUT2D eigenvalue weighted by molar-refractivity contribution is 0.0937. The number of rotatable bonds is 11. The molecule has 1 atom stereocenters. The maximum atomic E-state index is 12.7. The summed E-state index contributed by atoms with van der Waals surface area (Å²) in [6.07, 6.45) is 8.89. The molecular formula is C25H32ClN3O. The van der Waals surface area contributed by atoms with Gasteiger partial charge in [-0.3, -0.25) is 4.79 Å². The predicted octanol–water partition coefficient (Wildman–Crippen LogP) is 6.93. The number of carbonyl (C=O) groups is 1. The molecule has 0 bridgehead atoms. The van der Waals surface area contributed by atoms with Gasteiger partial charge in [-0.25, -0.2) is 4.98 Å². The van der Waals surface area contributed by atoms with Gasteiger partial charge in [-0.15, -0.1) is 0 Å². The van der Waals surface area contributed by atoms with E-state index in [2.05, 4.69) is 22.9 Å². The number of hydrogen-bond acceptors (Lipinski definition) is 2. The zero-order valence-corrected chi connectivity index (χ0v) is 18.8. The number of nitrogens with zero attached hydrogens (tertiary/aromatic N) is 2. The van der Waals surface area contributed by atoms with Gasteiger partial charge in [0.2, 0.25) is 0 Å². The van der Waals surface area contributed by atoms with Crippen LogP contribution in [0.3, 0.4) is 0 Å². The topological polar surface area (TPSA) is 46.9 Å². The van der Waals surface area contributed by atoms with Crippen molar-refractivity contribution in [3.63, 3.8) is 0 Å². The number of fused-ring (bicyclic) bond motifs is 1. The molecule has 1 aromatic heterocycles. The van der Waals surface area contributed by atoms with Crippen molar-refractivity contribution in [2.24, 2.45) is 0 Å². The summed E-state index contributed by atoms with van der Waals surface area (Å²) in [6, 6.07) is 15.0. The van der Waals surface area contributed by atoms with Crippen molar-refractivity contribution < 1.29 is 4.79 Å². The highest BCUT2D eigenvalue weighted by Crippen LogP contribution is 2.22. The fourth-order valence-corrected chi connectivity index (χ4v) is 4.05. The summed E-state index contributed by atoms with van der Waals surface area (Å²) < 4.78 is 2.27. The number of halogens is 1. The highest BCUT2D eigenvalue weighted by molar-refractivity contribution is 6.30. The molecule has 0 radical (unpaired) electrons. The van der Waals surface area contributed by atoms with Crippen LogP contribution in [0.2, 0.25) is 5.02 Å². The number of unbranched alkanes of at least 4 members (excludes halogenated alkanes) is 6. The first-order valence-electron chi connectivity index (χ1n) is 11.1. The van der Waals surface area contributed by atoms with Crippen molar-refractivity contribution in [2.75, 3.05) is 0 Å². The quantitative estimate of drug-likeness (QED) is 0.338. The average Bonchev–Trinajstić information content (AvgIpc) is 3.12. The molecule has 3 rings (SSSR count). The van der Waals surface area contributed by atoms with Crippen LogP contribution in [-0.2, 0) is 6.54 Å². The Balaban J connectivity index is 1.69. The Bertz CT molecular complexity index is 966. The number of carbonyl (C=O) groups excluding carboxylic acids is 1. The smallest absolute Gasteiger partial charge is 0.251 e. The van der Waals surface area contributed by atoms with Crippen molar-refractivity contribution in [1.29, 1.82) is 0 Å². The van der Waals surface area contributed by atoms with E-state index in [9.17, 15) is 4.79 Å². The largest absolute Gasteiger partial charge is 0.342 e. The van der Waals surface area contributed by atoms with E-state index in [-0.39, 0.29) is 11.9 Å². The Hall–Kier alpha value is -2.33. The fraction of sp³-hybridized carbons (Fsp3) is 0.440. The van der Waals surface area contributed by atoms with Crippen LogP contribution in [0.5, 0.6) is 0 Å². The van der Waals surface area contributed by atoms with E-state index in [0.29, 0.717) is 10.6 Å². The Morgan fingerprint density at radius 2 is 1.77 bits per heavy atom. The number of hydrogen-bond donors (Lipinski definition) is 1. The summed E-state index contributed by atoms with van der Waals surface area (Å²) in [5.41, 5.74) is 2.66. The summed E-state index contributed by atoms with van der Waals surface area (Å²) in [5, 5.41) is 3.64. The third-order valence-electron chi connectivity index (χ3n) is 5.49. The van der Waals surface area contributed by atoms with E-state index in [0.717, 1.165) is 29.8 Å². The summed E-state index contributed by atoms with van der Waals surface area (Å²) >= 11 is 6.04. The van der Waals surface area contributed by atoms with Gasteiger partial charge in [0.15, 0.2) is 0 Å². The van der Waals surface area contributed by atoms with Crippen LogP contribution in [0.15, 0.2) is 48.5 Å². The van der Waals surface area contributed by atoms with Gasteiger partial charge in [0.05, 0.1) is 17.1 Å². The first-order valence-corrected chi connectivity index (χ1v) is 11.5. The van der Waals surface area contributed by atoms with Gasteiger partial charge in [-0.1, -0.05) is 75.2 Å². The van der Waals surface area contributed by atoms with Gasteiger partial charge >= 0.3 is 0 Å². The number of nitrogens with one attached hydrogen (secondary N) is 1. The zero-order chi connectivity index (χ0) is 21.3. The minimum atomic E-state index is -0.201. The molecule has 5 heteroatoms. The van der Waals surface area contributed by atoms with E-state index >= 15 is 0 Å². The highest BCUT2D eigenvalue weighted by Gasteiger charge is 2.19. The molecule has 1 N–H and O–H groups in total.